The van der Waals surface area contributed by atoms with Gasteiger partial charge in [-0.3, -0.25) is 48.5 Å². The van der Waals surface area contributed by atoms with Crippen LogP contribution in [-0.4, -0.2) is 128 Å². The molecule has 0 aliphatic heterocycles. The van der Waals surface area contributed by atoms with Gasteiger partial charge in [-0.2, -0.15) is 0 Å². The summed E-state index contributed by atoms with van der Waals surface area (Å²) < 4.78 is 0. The molecule has 0 aromatic carbocycles. The first-order valence-electron chi connectivity index (χ1n) is 39.2. The van der Waals surface area contributed by atoms with Crippen LogP contribution in [0, 0.1) is 0 Å². The number of hydrogen-bond acceptors (Lipinski definition) is 10. The van der Waals surface area contributed by atoms with Gasteiger partial charge in [0.05, 0.1) is 0 Å². The van der Waals surface area contributed by atoms with E-state index >= 15 is 0 Å². The topological polar surface area (TPSA) is 402 Å². The summed E-state index contributed by atoms with van der Waals surface area (Å²) in [6, 6.07) is -3.55. The van der Waals surface area contributed by atoms with Crippen LogP contribution in [0.1, 0.15) is 348 Å². The molecule has 19 N–H and O–H groups in total. The second-order valence-electron chi connectivity index (χ2n) is 27.2. The molecule has 0 aromatic heterocycles. The van der Waals surface area contributed by atoms with Crippen molar-refractivity contribution in [1.29, 1.82) is 0 Å². The Labute approximate surface area is 588 Å². The quantitative estimate of drug-likeness (QED) is 0.0153. The van der Waals surface area contributed by atoms with Crippen LogP contribution in [0.3, 0.4) is 0 Å². The second-order valence-corrected chi connectivity index (χ2v) is 27.2. The number of primary amides is 1. The zero-order valence-electron chi connectivity index (χ0n) is 61.6. The first kappa shape index (κ1) is 91.1. The minimum Gasteiger partial charge on any atom is -0.370 e. The molecule has 23 heteroatoms. The van der Waals surface area contributed by atoms with E-state index in [9.17, 15) is 33.6 Å². The molecule has 97 heavy (non-hydrogen) atoms. The highest BCUT2D eigenvalue weighted by Gasteiger charge is 2.29. The molecule has 0 aromatic rings. The summed E-state index contributed by atoms with van der Waals surface area (Å²) in [5.74, 6) is -3.87. The monoisotopic (exact) mass is 1370 g/mol. The molecule has 7 amide bonds. The zero-order chi connectivity index (χ0) is 71.5. The van der Waals surface area contributed by atoms with Crippen LogP contribution >= 0.6 is 0 Å². The van der Waals surface area contributed by atoms with Gasteiger partial charge < -0.3 is 71.6 Å². The molecule has 564 valence electrons. The standard InChI is InChI=1S/C74H146N16O7/c1-3-5-7-9-11-13-15-17-19-21-23-25-27-29-31-33-35-37-39-41-43-51-65(91)82-58-60-90(61-59-83-66(92)52-44-42-40-38-36-34-32-30-28-26-24-22-20-18-16-14-12-10-8-6-4-2)68(94)54-53-67(93)87-63(49-46-56-85-73(78)79)70(96)89-64(50-47-57-86-74(80)81)71(97)88-62(69(75)95)48-45-55-84-72(76)77/h62-64H,3-61H2,1-2H3,(H2,75,95)(H,82,91)(H,83,92)(H,87,93)(H,88,97)(H,89,96)(H4,76,77,84)(H4,78,79,85)(H4,80,81,86)/t62-,63-,64-/m0/s1. The minimum atomic E-state index is -1.22. The fourth-order valence-electron chi connectivity index (χ4n) is 12.2. The average Bonchev–Trinajstić information content (AvgIpc) is 0.972. The molecular formula is C74H146N16O7. The Hall–Kier alpha value is -5.90. The number of carbonyl (C=O) groups excluding carboxylic acids is 7. The maximum absolute atomic E-state index is 14.1. The average molecular weight is 1370 g/mol. The highest BCUT2D eigenvalue weighted by Crippen LogP contribution is 2.18. The van der Waals surface area contributed by atoms with Crippen LogP contribution in [0.15, 0.2) is 15.0 Å². The predicted octanol–water partition coefficient (Wildman–Crippen LogP) is 11.1. The van der Waals surface area contributed by atoms with Gasteiger partial charge >= 0.3 is 0 Å². The number of aliphatic imine (C=N–C) groups is 3. The van der Waals surface area contributed by atoms with Gasteiger partial charge in [-0.05, 0) is 51.4 Å². The van der Waals surface area contributed by atoms with E-state index < -0.39 is 41.8 Å². The van der Waals surface area contributed by atoms with E-state index in [4.69, 9.17) is 40.1 Å². The predicted molar refractivity (Wildman–Crippen MR) is 401 cm³/mol. The summed E-state index contributed by atoms with van der Waals surface area (Å²) in [4.78, 5) is 107. The summed E-state index contributed by atoms with van der Waals surface area (Å²) in [6.07, 6.45) is 55.4. The third-order valence-electron chi connectivity index (χ3n) is 18.1. The van der Waals surface area contributed by atoms with E-state index in [0.717, 1.165) is 38.5 Å². The van der Waals surface area contributed by atoms with Gasteiger partial charge in [-0.25, -0.2) is 0 Å². The van der Waals surface area contributed by atoms with Gasteiger partial charge in [0.1, 0.15) is 18.1 Å². The maximum atomic E-state index is 14.1. The van der Waals surface area contributed by atoms with Crippen molar-refractivity contribution in [3.05, 3.63) is 0 Å². The largest absolute Gasteiger partial charge is 0.370 e. The number of guanidine groups is 3. The molecule has 0 spiro atoms. The van der Waals surface area contributed by atoms with E-state index in [0.29, 0.717) is 19.3 Å². The fourth-order valence-corrected chi connectivity index (χ4v) is 12.2. The Morgan fingerprint density at radius 1 is 0.299 bits per heavy atom. The number of amides is 7. The lowest BCUT2D eigenvalue weighted by Gasteiger charge is -2.25. The Morgan fingerprint density at radius 3 is 0.835 bits per heavy atom. The van der Waals surface area contributed by atoms with Gasteiger partial charge in [0.2, 0.25) is 41.4 Å². The van der Waals surface area contributed by atoms with Crippen molar-refractivity contribution in [2.24, 2.45) is 55.1 Å². The Kier molecular flexibility index (Phi) is 63.2. The summed E-state index contributed by atoms with van der Waals surface area (Å²) in [6.45, 7) is 5.70. The van der Waals surface area contributed by atoms with Crippen LogP contribution in [0.5, 0.6) is 0 Å². The molecule has 23 nitrogen and oxygen atoms in total. The lowest BCUT2D eigenvalue weighted by atomic mass is 10.0. The molecule has 0 rings (SSSR count). The normalized spacial score (nSPS) is 12.0. The van der Waals surface area contributed by atoms with Gasteiger partial charge in [-0.15, -0.1) is 0 Å². The van der Waals surface area contributed by atoms with Gasteiger partial charge in [0.25, 0.3) is 0 Å². The van der Waals surface area contributed by atoms with Gasteiger partial charge in [-0.1, -0.05) is 271 Å². The van der Waals surface area contributed by atoms with Crippen LogP contribution in [0.4, 0.5) is 0 Å². The second kappa shape index (κ2) is 67.3. The van der Waals surface area contributed by atoms with Crippen molar-refractivity contribution >= 4 is 59.2 Å². The van der Waals surface area contributed by atoms with Crippen molar-refractivity contribution in [2.75, 3.05) is 45.8 Å². The highest BCUT2D eigenvalue weighted by atomic mass is 16.2. The smallest absolute Gasteiger partial charge is 0.243 e. The van der Waals surface area contributed by atoms with Crippen LogP contribution in [-0.2, 0) is 33.6 Å². The Morgan fingerprint density at radius 2 is 0.557 bits per heavy atom. The molecule has 0 saturated carbocycles. The van der Waals surface area contributed by atoms with Gasteiger partial charge in [0, 0.05) is 71.5 Å². The summed E-state index contributed by atoms with van der Waals surface area (Å²) in [5.41, 5.74) is 38.6. The minimum absolute atomic E-state index is 0.0348. The van der Waals surface area contributed by atoms with Crippen molar-refractivity contribution < 1.29 is 33.6 Å². The number of rotatable bonds is 71. The molecule has 0 heterocycles. The molecule has 0 unspecified atom stereocenters. The van der Waals surface area contributed by atoms with Crippen molar-refractivity contribution in [2.45, 2.75) is 366 Å². The number of hydrogen-bond donors (Lipinski definition) is 12. The molecule has 0 aliphatic carbocycles. The number of nitrogens with zero attached hydrogens (tertiary/aromatic N) is 4. The number of carbonyl (C=O) groups is 7. The van der Waals surface area contributed by atoms with E-state index in [1.165, 1.54) is 236 Å². The first-order valence-corrected chi connectivity index (χ1v) is 39.2. The molecule has 0 saturated heterocycles. The van der Waals surface area contributed by atoms with E-state index in [2.05, 4.69) is 55.4 Å². The number of nitrogens with two attached hydrogens (primary N) is 7. The van der Waals surface area contributed by atoms with E-state index in [1.54, 1.807) is 0 Å². The number of nitrogens with one attached hydrogen (secondary N) is 5. The summed E-state index contributed by atoms with van der Waals surface area (Å²) in [5, 5.41) is 14.0. The molecule has 0 aliphatic rings. The van der Waals surface area contributed by atoms with Crippen LogP contribution in [0.25, 0.3) is 0 Å². The molecule has 3 atom stereocenters. The van der Waals surface area contributed by atoms with Crippen LogP contribution < -0.4 is 66.7 Å². The Balaban J connectivity index is 5.43. The first-order chi connectivity index (χ1) is 47.0. The lowest BCUT2D eigenvalue weighted by Crippen LogP contribution is -2.56. The summed E-state index contributed by atoms with van der Waals surface area (Å²) >= 11 is 0. The third kappa shape index (κ3) is 62.1. The maximum Gasteiger partial charge on any atom is 0.243 e. The number of unbranched alkanes of at least 4 members (excludes halogenated alkanes) is 40. The molecule has 0 fully saturated rings. The van der Waals surface area contributed by atoms with Crippen molar-refractivity contribution in [1.82, 2.24) is 31.5 Å². The van der Waals surface area contributed by atoms with Crippen molar-refractivity contribution in [3.8, 4) is 0 Å². The fraction of sp³-hybridized carbons (Fsp3) is 0.865. The summed E-state index contributed by atoms with van der Waals surface area (Å²) in [7, 11) is 0. The zero-order valence-corrected chi connectivity index (χ0v) is 61.6. The SMILES string of the molecule is CCCCCCCCCCCCCCCCCCCCCCCC(=O)NCCN(CCNC(=O)CCCCCCCCCCCCCCCCCCCCCCC)C(=O)CCC(=O)N[C@@H](CCCN=C(N)N)C(=O)N[C@@H](CCCN=C(N)N)C(=O)N[C@@H](CCCN=C(N)N)C(N)=O. The van der Waals surface area contributed by atoms with Gasteiger partial charge in [0.15, 0.2) is 17.9 Å². The van der Waals surface area contributed by atoms with Crippen molar-refractivity contribution in [3.63, 3.8) is 0 Å². The Bertz CT molecular complexity index is 2010. The highest BCUT2D eigenvalue weighted by molar-refractivity contribution is 5.94. The molecular weight excluding hydrogens is 1220 g/mol. The molecule has 0 radical (unpaired) electrons. The molecule has 0 bridgehead atoms. The van der Waals surface area contributed by atoms with E-state index in [-0.39, 0.29) is 126 Å². The third-order valence-corrected chi connectivity index (χ3v) is 18.1. The lowest BCUT2D eigenvalue weighted by molar-refractivity contribution is -0.135. The van der Waals surface area contributed by atoms with Crippen LogP contribution in [0.2, 0.25) is 0 Å². The van der Waals surface area contributed by atoms with E-state index in [1.807, 2.05) is 0 Å².